The maximum atomic E-state index is 13.3. The minimum absolute atomic E-state index is 0.0924. The van der Waals surface area contributed by atoms with E-state index in [1.54, 1.807) is 13.8 Å². The summed E-state index contributed by atoms with van der Waals surface area (Å²) in [7, 11) is -4.20. The van der Waals surface area contributed by atoms with Crippen LogP contribution >= 0.6 is 0 Å². The summed E-state index contributed by atoms with van der Waals surface area (Å²) in [6, 6.07) is 8.58. The Hall–Kier alpha value is -3.77. The SMILES string of the molecule is CC[C@@H](C)NC(=O)c1nn(-c2cc(C)ccc2C)c(Oc2ccc([N+](=O)[O-])cc2S(=O)(=O)N[C@@H](C)CC)c1C. The van der Waals surface area contributed by atoms with Gasteiger partial charge in [0, 0.05) is 29.8 Å². The van der Waals surface area contributed by atoms with Crippen LogP contribution in [0.5, 0.6) is 11.6 Å². The number of hydrogen-bond acceptors (Lipinski definition) is 7. The lowest BCUT2D eigenvalue weighted by atomic mass is 10.1. The van der Waals surface area contributed by atoms with Crippen LogP contribution in [-0.4, -0.2) is 41.1 Å². The Kier molecular flexibility index (Phi) is 9.13. The molecule has 39 heavy (non-hydrogen) atoms. The van der Waals surface area contributed by atoms with Crippen molar-refractivity contribution in [3.05, 3.63) is 68.9 Å². The minimum Gasteiger partial charge on any atom is -0.437 e. The predicted molar refractivity (Wildman–Crippen MR) is 148 cm³/mol. The average Bonchev–Trinajstić information content (AvgIpc) is 3.20. The summed E-state index contributed by atoms with van der Waals surface area (Å²) < 4.78 is 36.8. The van der Waals surface area contributed by atoms with Gasteiger partial charge in [-0.25, -0.2) is 13.1 Å². The van der Waals surface area contributed by atoms with Crippen molar-refractivity contribution in [2.24, 2.45) is 0 Å². The highest BCUT2D eigenvalue weighted by Crippen LogP contribution is 2.36. The Morgan fingerprint density at radius 2 is 1.74 bits per heavy atom. The number of nitrogens with zero attached hydrogens (tertiary/aromatic N) is 3. The summed E-state index contributed by atoms with van der Waals surface area (Å²) >= 11 is 0. The molecule has 3 rings (SSSR count). The molecule has 210 valence electrons. The number of sulfonamides is 1. The van der Waals surface area contributed by atoms with Gasteiger partial charge in [0.2, 0.25) is 15.9 Å². The number of non-ortho nitro benzene ring substituents is 1. The van der Waals surface area contributed by atoms with Crippen LogP contribution in [0.15, 0.2) is 41.3 Å². The molecule has 0 saturated carbocycles. The number of carbonyl (C=O) groups excluding carboxylic acids is 1. The van der Waals surface area contributed by atoms with Gasteiger partial charge in [0.25, 0.3) is 11.6 Å². The maximum absolute atomic E-state index is 13.3. The number of carbonyl (C=O) groups is 1. The number of aromatic nitrogens is 2. The molecule has 12 heteroatoms. The lowest BCUT2D eigenvalue weighted by Crippen LogP contribution is -2.32. The van der Waals surface area contributed by atoms with Crippen molar-refractivity contribution in [3.63, 3.8) is 0 Å². The molecule has 2 N–H and O–H groups in total. The fraction of sp³-hybridized carbons (Fsp3) is 0.407. The van der Waals surface area contributed by atoms with Crippen LogP contribution in [0.2, 0.25) is 0 Å². The number of aryl methyl sites for hydroxylation is 2. The first kappa shape index (κ1) is 29.8. The molecule has 0 aliphatic carbocycles. The molecule has 1 amide bonds. The zero-order chi connectivity index (χ0) is 29.1. The second kappa shape index (κ2) is 12.0. The Labute approximate surface area is 228 Å². The largest absolute Gasteiger partial charge is 0.437 e. The standard InChI is InChI=1S/C27H35N5O6S/c1-8-18(5)28-26(33)25-20(7)27(31(29-25)22-14-16(3)10-11-17(22)4)38-23-13-12-21(32(34)35)15-24(23)39(36,37)30-19(6)9-2/h10-15,18-19,30H,8-9H2,1-7H3,(H,28,33)/t18-,19+/m1/s1. The number of ether oxygens (including phenoxy) is 1. The van der Waals surface area contributed by atoms with Crippen LogP contribution in [0.4, 0.5) is 5.69 Å². The molecule has 0 radical (unpaired) electrons. The van der Waals surface area contributed by atoms with E-state index >= 15 is 0 Å². The third-order valence-electron chi connectivity index (χ3n) is 6.47. The van der Waals surface area contributed by atoms with Crippen molar-refractivity contribution in [1.82, 2.24) is 19.8 Å². The maximum Gasteiger partial charge on any atom is 0.272 e. The molecule has 1 heterocycles. The van der Waals surface area contributed by atoms with Crippen LogP contribution in [0.1, 0.15) is 67.7 Å². The van der Waals surface area contributed by atoms with Crippen LogP contribution in [0, 0.1) is 30.9 Å². The van der Waals surface area contributed by atoms with E-state index in [4.69, 9.17) is 4.74 Å². The highest BCUT2D eigenvalue weighted by molar-refractivity contribution is 7.89. The highest BCUT2D eigenvalue weighted by Gasteiger charge is 2.29. The lowest BCUT2D eigenvalue weighted by Gasteiger charge is -2.17. The van der Waals surface area contributed by atoms with Gasteiger partial charge in [-0.1, -0.05) is 26.0 Å². The smallest absolute Gasteiger partial charge is 0.272 e. The number of rotatable bonds is 11. The third-order valence-corrected chi connectivity index (χ3v) is 8.08. The van der Waals surface area contributed by atoms with E-state index in [0.717, 1.165) is 23.6 Å². The first-order valence-corrected chi connectivity index (χ1v) is 14.2. The Bertz CT molecular complexity index is 1500. The summed E-state index contributed by atoms with van der Waals surface area (Å²) in [6.45, 7) is 12.8. The second-order valence-electron chi connectivity index (χ2n) is 9.68. The summed E-state index contributed by atoms with van der Waals surface area (Å²) in [6.07, 6.45) is 1.23. The number of benzene rings is 2. The Balaban J connectivity index is 2.24. The number of nitro groups is 1. The molecule has 0 bridgehead atoms. The molecule has 0 unspecified atom stereocenters. The average molecular weight is 558 g/mol. The van der Waals surface area contributed by atoms with Crippen molar-refractivity contribution in [1.29, 1.82) is 0 Å². The summed E-state index contributed by atoms with van der Waals surface area (Å²) in [5.41, 5.74) is 2.53. The third kappa shape index (κ3) is 6.63. The topological polar surface area (TPSA) is 145 Å². The van der Waals surface area contributed by atoms with Crippen molar-refractivity contribution < 1.29 is 22.9 Å². The van der Waals surface area contributed by atoms with Gasteiger partial charge in [0.1, 0.15) is 10.6 Å². The van der Waals surface area contributed by atoms with Gasteiger partial charge >= 0.3 is 0 Å². The molecule has 2 atom stereocenters. The molecule has 0 spiro atoms. The quantitative estimate of drug-likeness (QED) is 0.246. The van der Waals surface area contributed by atoms with Gasteiger partial charge in [-0.05, 0) is 70.7 Å². The molecule has 3 aromatic rings. The zero-order valence-electron chi connectivity index (χ0n) is 23.2. The Morgan fingerprint density at radius 3 is 2.36 bits per heavy atom. The van der Waals surface area contributed by atoms with E-state index in [0.29, 0.717) is 17.7 Å². The van der Waals surface area contributed by atoms with Crippen LogP contribution in [0.3, 0.4) is 0 Å². The van der Waals surface area contributed by atoms with E-state index in [1.165, 1.54) is 16.8 Å². The van der Waals surface area contributed by atoms with Crippen molar-refractivity contribution in [3.8, 4) is 17.3 Å². The van der Waals surface area contributed by atoms with Gasteiger partial charge in [-0.15, -0.1) is 0 Å². The van der Waals surface area contributed by atoms with Gasteiger partial charge in [-0.2, -0.15) is 9.78 Å². The monoisotopic (exact) mass is 557 g/mol. The normalized spacial score (nSPS) is 13.1. The van der Waals surface area contributed by atoms with Gasteiger partial charge < -0.3 is 10.1 Å². The molecule has 0 fully saturated rings. The zero-order valence-corrected chi connectivity index (χ0v) is 24.0. The van der Waals surface area contributed by atoms with E-state index in [-0.39, 0.29) is 23.4 Å². The molecular formula is C27H35N5O6S. The van der Waals surface area contributed by atoms with E-state index in [9.17, 15) is 23.3 Å². The van der Waals surface area contributed by atoms with Crippen LogP contribution in [-0.2, 0) is 10.0 Å². The van der Waals surface area contributed by atoms with Crippen molar-refractivity contribution >= 4 is 21.6 Å². The minimum atomic E-state index is -4.20. The molecule has 0 saturated heterocycles. The summed E-state index contributed by atoms with van der Waals surface area (Å²) in [4.78, 5) is 23.5. The molecule has 11 nitrogen and oxygen atoms in total. The van der Waals surface area contributed by atoms with Gasteiger partial charge in [-0.3, -0.25) is 14.9 Å². The predicted octanol–water partition coefficient (Wildman–Crippen LogP) is 5.10. The molecule has 2 aromatic carbocycles. The second-order valence-corrected chi connectivity index (χ2v) is 11.4. The number of nitrogens with one attached hydrogen (secondary N) is 2. The van der Waals surface area contributed by atoms with Crippen LogP contribution in [0.25, 0.3) is 5.69 Å². The summed E-state index contributed by atoms with van der Waals surface area (Å²) in [5.74, 6) is -0.419. The lowest BCUT2D eigenvalue weighted by molar-refractivity contribution is -0.385. The van der Waals surface area contributed by atoms with Gasteiger partial charge in [0.15, 0.2) is 5.69 Å². The first-order valence-electron chi connectivity index (χ1n) is 12.8. The first-order chi connectivity index (χ1) is 18.3. The fourth-order valence-electron chi connectivity index (χ4n) is 3.74. The van der Waals surface area contributed by atoms with E-state index < -0.39 is 37.5 Å². The Morgan fingerprint density at radius 1 is 1.08 bits per heavy atom. The molecule has 0 aliphatic rings. The number of nitro benzene ring substituents is 1. The molecule has 0 aliphatic heterocycles. The van der Waals surface area contributed by atoms with E-state index in [2.05, 4.69) is 15.1 Å². The molecule has 1 aromatic heterocycles. The summed E-state index contributed by atoms with van der Waals surface area (Å²) in [5, 5.41) is 18.9. The highest BCUT2D eigenvalue weighted by atomic mass is 32.2. The van der Waals surface area contributed by atoms with Gasteiger partial charge in [0.05, 0.1) is 10.6 Å². The number of amides is 1. The fourth-order valence-corrected chi connectivity index (χ4v) is 5.22. The van der Waals surface area contributed by atoms with Crippen molar-refractivity contribution in [2.75, 3.05) is 0 Å². The van der Waals surface area contributed by atoms with Crippen molar-refractivity contribution in [2.45, 2.75) is 78.3 Å². The number of hydrogen-bond donors (Lipinski definition) is 2. The van der Waals surface area contributed by atoms with E-state index in [1.807, 2.05) is 52.8 Å². The van der Waals surface area contributed by atoms with Crippen LogP contribution < -0.4 is 14.8 Å². The molecular weight excluding hydrogens is 522 g/mol.